The summed E-state index contributed by atoms with van der Waals surface area (Å²) >= 11 is 6.37. The monoisotopic (exact) mass is 375 g/mol. The molecule has 1 rings (SSSR count). The molecule has 0 aliphatic rings. The molecule has 17 heavy (non-hydrogen) atoms. The van der Waals surface area contributed by atoms with E-state index in [1.165, 1.54) is 6.20 Å². The first-order valence-electron chi connectivity index (χ1n) is 4.66. The van der Waals surface area contributed by atoms with Crippen LogP contribution in [0.1, 0.15) is 0 Å². The molecular weight excluding hydrogens is 367 g/mol. The van der Waals surface area contributed by atoms with Crippen molar-refractivity contribution >= 4 is 37.7 Å². The Balaban J connectivity index is 2.97. The minimum atomic E-state index is -4.29. The molecule has 0 unspecified atom stereocenters. The van der Waals surface area contributed by atoms with E-state index in [0.717, 1.165) is 4.90 Å². The number of alkyl halides is 3. The van der Waals surface area contributed by atoms with Crippen molar-refractivity contribution in [3.63, 3.8) is 0 Å². The van der Waals surface area contributed by atoms with E-state index in [9.17, 15) is 13.2 Å². The molecule has 8 heteroatoms. The third-order valence-corrected chi connectivity index (χ3v) is 2.87. The molecule has 96 valence electrons. The molecule has 0 saturated heterocycles. The van der Waals surface area contributed by atoms with Crippen LogP contribution >= 0.6 is 31.9 Å². The van der Waals surface area contributed by atoms with Gasteiger partial charge in [-0.15, -0.1) is 0 Å². The summed E-state index contributed by atoms with van der Waals surface area (Å²) in [5, 5.41) is 0. The highest BCUT2D eigenvalue weighted by Crippen LogP contribution is 2.28. The van der Waals surface area contributed by atoms with Crippen LogP contribution in [-0.2, 0) is 0 Å². The van der Waals surface area contributed by atoms with Gasteiger partial charge in [-0.25, -0.2) is 4.98 Å². The molecule has 1 aromatic heterocycles. The average molecular weight is 377 g/mol. The van der Waals surface area contributed by atoms with Crippen LogP contribution in [0, 0.1) is 0 Å². The van der Waals surface area contributed by atoms with Gasteiger partial charge in [0.25, 0.3) is 0 Å². The van der Waals surface area contributed by atoms with Crippen LogP contribution in [-0.4, -0.2) is 30.8 Å². The number of aromatic nitrogens is 1. The highest BCUT2D eigenvalue weighted by atomic mass is 79.9. The summed E-state index contributed by atoms with van der Waals surface area (Å²) in [7, 11) is 0. The zero-order valence-corrected chi connectivity index (χ0v) is 11.8. The summed E-state index contributed by atoms with van der Waals surface area (Å²) in [6, 6.07) is 1.64. The smallest absolute Gasteiger partial charge is 0.345 e. The van der Waals surface area contributed by atoms with Crippen LogP contribution in [0.5, 0.6) is 0 Å². The molecule has 1 aromatic rings. The Morgan fingerprint density at radius 1 is 1.35 bits per heavy atom. The molecule has 0 radical (unpaired) electrons. The second-order valence-corrected chi connectivity index (χ2v) is 5.05. The largest absolute Gasteiger partial charge is 0.405 e. The zero-order valence-electron chi connectivity index (χ0n) is 8.64. The van der Waals surface area contributed by atoms with E-state index in [1.54, 1.807) is 6.07 Å². The van der Waals surface area contributed by atoms with Gasteiger partial charge in [0.2, 0.25) is 0 Å². The minimum absolute atomic E-state index is 0.0900. The van der Waals surface area contributed by atoms with Crippen molar-refractivity contribution in [2.75, 3.05) is 24.5 Å². The van der Waals surface area contributed by atoms with Crippen LogP contribution in [0.15, 0.2) is 21.2 Å². The third-order valence-electron chi connectivity index (χ3n) is 1.86. The first-order valence-corrected chi connectivity index (χ1v) is 6.25. The van der Waals surface area contributed by atoms with Gasteiger partial charge in [0.15, 0.2) is 0 Å². The molecule has 0 atom stereocenters. The molecule has 0 fully saturated rings. The number of hydrogen-bond acceptors (Lipinski definition) is 3. The van der Waals surface area contributed by atoms with Gasteiger partial charge in [0, 0.05) is 23.8 Å². The Kier molecular flexibility index (Phi) is 5.21. The highest BCUT2D eigenvalue weighted by Gasteiger charge is 2.31. The maximum Gasteiger partial charge on any atom is 0.405 e. The minimum Gasteiger partial charge on any atom is -0.345 e. The molecule has 2 N–H and O–H groups in total. The fourth-order valence-electron chi connectivity index (χ4n) is 1.27. The fourth-order valence-corrected chi connectivity index (χ4v) is 2.51. The third kappa shape index (κ3) is 4.81. The summed E-state index contributed by atoms with van der Waals surface area (Å²) in [6.45, 7) is -0.857. The van der Waals surface area contributed by atoms with Gasteiger partial charge in [0.1, 0.15) is 12.4 Å². The molecule has 0 amide bonds. The number of nitrogens with zero attached hydrogens (tertiary/aromatic N) is 2. The lowest BCUT2D eigenvalue weighted by atomic mass is 10.4. The van der Waals surface area contributed by atoms with Crippen LogP contribution < -0.4 is 10.6 Å². The van der Waals surface area contributed by atoms with Crippen molar-refractivity contribution in [2.24, 2.45) is 5.73 Å². The summed E-state index contributed by atoms with van der Waals surface area (Å²) in [5.74, 6) is 0.232. The summed E-state index contributed by atoms with van der Waals surface area (Å²) in [4.78, 5) is 5.05. The van der Waals surface area contributed by atoms with Crippen molar-refractivity contribution in [1.29, 1.82) is 0 Å². The highest BCUT2D eigenvalue weighted by molar-refractivity contribution is 9.11. The Morgan fingerprint density at radius 2 is 2.00 bits per heavy atom. The second-order valence-electron chi connectivity index (χ2n) is 3.28. The maximum atomic E-state index is 12.4. The summed E-state index contributed by atoms with van der Waals surface area (Å²) in [6.07, 6.45) is -2.84. The van der Waals surface area contributed by atoms with Crippen LogP contribution in [0.3, 0.4) is 0 Å². The molecule has 0 spiro atoms. The maximum absolute atomic E-state index is 12.4. The van der Waals surface area contributed by atoms with Gasteiger partial charge < -0.3 is 10.6 Å². The number of anilines is 1. The van der Waals surface area contributed by atoms with Crippen molar-refractivity contribution in [3.8, 4) is 0 Å². The fraction of sp³-hybridized carbons (Fsp3) is 0.444. The first-order chi connectivity index (χ1) is 7.83. The lowest BCUT2D eigenvalue weighted by molar-refractivity contribution is -0.119. The van der Waals surface area contributed by atoms with Crippen LogP contribution in [0.2, 0.25) is 0 Å². The summed E-state index contributed by atoms with van der Waals surface area (Å²) < 4.78 is 38.4. The Bertz CT molecular complexity index is 384. The van der Waals surface area contributed by atoms with E-state index < -0.39 is 12.7 Å². The van der Waals surface area contributed by atoms with E-state index in [4.69, 9.17) is 5.73 Å². The van der Waals surface area contributed by atoms with Gasteiger partial charge in [0.05, 0.1) is 4.47 Å². The molecule has 1 heterocycles. The van der Waals surface area contributed by atoms with Crippen molar-refractivity contribution < 1.29 is 13.2 Å². The van der Waals surface area contributed by atoms with E-state index in [0.29, 0.717) is 8.95 Å². The number of rotatable bonds is 4. The molecule has 0 aliphatic heterocycles. The number of hydrogen-bond donors (Lipinski definition) is 1. The first kappa shape index (κ1) is 14.7. The molecule has 0 saturated carbocycles. The second kappa shape index (κ2) is 6.01. The van der Waals surface area contributed by atoms with Crippen molar-refractivity contribution in [3.05, 3.63) is 21.2 Å². The molecule has 3 nitrogen and oxygen atoms in total. The van der Waals surface area contributed by atoms with Crippen LogP contribution in [0.4, 0.5) is 19.0 Å². The number of pyridine rings is 1. The number of halogens is 5. The van der Waals surface area contributed by atoms with E-state index >= 15 is 0 Å². The Hall–Kier alpha value is -0.340. The van der Waals surface area contributed by atoms with Gasteiger partial charge >= 0.3 is 6.18 Å². The quantitative estimate of drug-likeness (QED) is 0.878. The predicted molar refractivity (Wildman–Crippen MR) is 67.0 cm³/mol. The standard InChI is InChI=1S/C9H10Br2F3N3/c10-6-3-7(11)8(16-4-6)17(2-1-15)5-9(12,13)14/h3-4H,1-2,5,15H2. The SMILES string of the molecule is NCCN(CC(F)(F)F)c1ncc(Br)cc1Br. The van der Waals surface area contributed by atoms with Gasteiger partial charge in [-0.05, 0) is 37.9 Å². The van der Waals surface area contributed by atoms with Crippen LogP contribution in [0.25, 0.3) is 0 Å². The van der Waals surface area contributed by atoms with E-state index in [1.807, 2.05) is 0 Å². The average Bonchev–Trinajstić information content (AvgIpc) is 2.14. The van der Waals surface area contributed by atoms with Gasteiger partial charge in [-0.2, -0.15) is 13.2 Å². The van der Waals surface area contributed by atoms with E-state index in [-0.39, 0.29) is 18.9 Å². The molecular formula is C9H10Br2F3N3. The lowest BCUT2D eigenvalue weighted by Gasteiger charge is -2.25. The predicted octanol–water partition coefficient (Wildman–Crippen LogP) is 2.93. The Labute approximate surface area is 113 Å². The topological polar surface area (TPSA) is 42.1 Å². The van der Waals surface area contributed by atoms with Crippen molar-refractivity contribution in [2.45, 2.75) is 6.18 Å². The normalized spacial score (nSPS) is 11.6. The molecule has 0 bridgehead atoms. The number of nitrogens with two attached hydrogens (primary N) is 1. The van der Waals surface area contributed by atoms with Crippen molar-refractivity contribution in [1.82, 2.24) is 4.98 Å². The Morgan fingerprint density at radius 3 is 2.47 bits per heavy atom. The summed E-state index contributed by atoms with van der Waals surface area (Å²) in [5.41, 5.74) is 5.30. The molecule has 0 aromatic carbocycles. The molecule has 0 aliphatic carbocycles. The zero-order chi connectivity index (χ0) is 13.1. The van der Waals surface area contributed by atoms with E-state index in [2.05, 4.69) is 36.8 Å². The van der Waals surface area contributed by atoms with Gasteiger partial charge in [-0.1, -0.05) is 0 Å². The lowest BCUT2D eigenvalue weighted by Crippen LogP contribution is -2.38. The van der Waals surface area contributed by atoms with Gasteiger partial charge in [-0.3, -0.25) is 0 Å².